The summed E-state index contributed by atoms with van der Waals surface area (Å²) in [7, 11) is 2.71. The molecule has 31 heavy (non-hydrogen) atoms. The van der Waals surface area contributed by atoms with E-state index in [1.165, 1.54) is 44.7 Å². The van der Waals surface area contributed by atoms with Crippen molar-refractivity contribution in [3.05, 3.63) is 81.8 Å². The van der Waals surface area contributed by atoms with Gasteiger partial charge in [-0.05, 0) is 17.7 Å². The second-order valence-electron chi connectivity index (χ2n) is 6.23. The summed E-state index contributed by atoms with van der Waals surface area (Å²) in [6, 6.07) is 11.2. The van der Waals surface area contributed by atoms with Crippen molar-refractivity contribution >= 4 is 11.6 Å². The first kappa shape index (κ1) is 21.5. The molecule has 1 aromatic heterocycles. The third-order valence-corrected chi connectivity index (χ3v) is 4.21. The van der Waals surface area contributed by atoms with E-state index in [1.807, 2.05) is 0 Å². The number of carbonyl (C=O) groups is 1. The highest BCUT2D eigenvalue weighted by atomic mass is 19.1. The van der Waals surface area contributed by atoms with Gasteiger partial charge in [-0.15, -0.1) is 0 Å². The number of benzene rings is 2. The number of rotatable bonds is 8. The van der Waals surface area contributed by atoms with Gasteiger partial charge < -0.3 is 19.5 Å². The Morgan fingerprint density at radius 2 is 1.87 bits per heavy atom. The Bertz CT molecular complexity index is 1100. The highest BCUT2D eigenvalue weighted by molar-refractivity contribution is 5.99. The number of aromatic nitrogens is 1. The van der Waals surface area contributed by atoms with Crippen LogP contribution < -0.4 is 19.5 Å². The average Bonchev–Trinajstić information content (AvgIpc) is 2.77. The fraction of sp³-hybridized carbons (Fsp3) is 0.143. The van der Waals surface area contributed by atoms with E-state index in [9.17, 15) is 19.3 Å². The molecule has 9 nitrogen and oxygen atoms in total. The van der Waals surface area contributed by atoms with Crippen molar-refractivity contribution in [1.29, 1.82) is 0 Å². The Morgan fingerprint density at radius 1 is 1.13 bits per heavy atom. The summed E-state index contributed by atoms with van der Waals surface area (Å²) >= 11 is 0. The Balaban J connectivity index is 1.70. The molecule has 10 heteroatoms. The van der Waals surface area contributed by atoms with Gasteiger partial charge in [-0.25, -0.2) is 9.37 Å². The number of carbonyl (C=O) groups excluding carboxylic acids is 1. The van der Waals surface area contributed by atoms with Gasteiger partial charge >= 0.3 is 0 Å². The summed E-state index contributed by atoms with van der Waals surface area (Å²) in [5, 5.41) is 14.0. The third-order valence-electron chi connectivity index (χ3n) is 4.21. The number of pyridine rings is 1. The molecule has 0 unspecified atom stereocenters. The summed E-state index contributed by atoms with van der Waals surface area (Å²) in [6.45, 7) is 0.0670. The number of hydrogen-bond donors (Lipinski definition) is 1. The predicted molar refractivity (Wildman–Crippen MR) is 108 cm³/mol. The van der Waals surface area contributed by atoms with Crippen LogP contribution in [0, 0.1) is 15.9 Å². The molecule has 160 valence electrons. The molecule has 0 bridgehead atoms. The lowest BCUT2D eigenvalue weighted by Crippen LogP contribution is -2.24. The molecule has 0 saturated heterocycles. The molecule has 2 aromatic carbocycles. The van der Waals surface area contributed by atoms with E-state index in [0.717, 1.165) is 6.07 Å². The molecule has 0 fully saturated rings. The lowest BCUT2D eigenvalue weighted by molar-refractivity contribution is -0.385. The zero-order valence-electron chi connectivity index (χ0n) is 16.6. The molecule has 3 aromatic rings. The van der Waals surface area contributed by atoms with Crippen LogP contribution in [0.4, 0.5) is 10.1 Å². The number of halogens is 1. The van der Waals surface area contributed by atoms with Crippen LogP contribution >= 0.6 is 0 Å². The van der Waals surface area contributed by atoms with Crippen molar-refractivity contribution in [2.75, 3.05) is 14.2 Å². The second-order valence-corrected chi connectivity index (χ2v) is 6.23. The van der Waals surface area contributed by atoms with Crippen molar-refractivity contribution in [3.8, 4) is 23.1 Å². The molecule has 1 amide bonds. The molecule has 3 rings (SSSR count). The Labute approximate surface area is 176 Å². The van der Waals surface area contributed by atoms with Crippen LogP contribution in [0.15, 0.2) is 54.7 Å². The number of amides is 1. The van der Waals surface area contributed by atoms with Gasteiger partial charge in [0, 0.05) is 30.9 Å². The van der Waals surface area contributed by atoms with Crippen molar-refractivity contribution in [2.45, 2.75) is 6.54 Å². The van der Waals surface area contributed by atoms with Gasteiger partial charge in [0.1, 0.15) is 17.1 Å². The molecule has 0 aliphatic rings. The number of ether oxygens (including phenoxy) is 3. The topological polar surface area (TPSA) is 113 Å². The predicted octanol–water partition coefficient (Wildman–Crippen LogP) is 3.87. The van der Waals surface area contributed by atoms with Gasteiger partial charge in [0.2, 0.25) is 5.88 Å². The standard InChI is InChI=1S/C21H18FN3O6/c1-29-18-9-16(17(25(27)28)10-19(18)30-2)21(26)24-12-13-6-7-20(23-11-13)31-15-5-3-4-14(22)8-15/h3-11H,12H2,1-2H3,(H,24,26). The highest BCUT2D eigenvalue weighted by Crippen LogP contribution is 2.34. The van der Waals surface area contributed by atoms with Crippen molar-refractivity contribution in [3.63, 3.8) is 0 Å². The Hall–Kier alpha value is -4.21. The van der Waals surface area contributed by atoms with Crippen molar-refractivity contribution in [1.82, 2.24) is 10.3 Å². The molecule has 0 radical (unpaired) electrons. The molecule has 0 aliphatic heterocycles. The van der Waals surface area contributed by atoms with Gasteiger partial charge in [-0.2, -0.15) is 0 Å². The molecular formula is C21H18FN3O6. The van der Waals surface area contributed by atoms with Gasteiger partial charge in [0.25, 0.3) is 11.6 Å². The summed E-state index contributed by atoms with van der Waals surface area (Å²) in [6.07, 6.45) is 1.47. The third kappa shape index (κ3) is 5.24. The molecule has 0 aliphatic carbocycles. The maximum absolute atomic E-state index is 13.2. The van der Waals surface area contributed by atoms with Crippen molar-refractivity contribution in [2.24, 2.45) is 0 Å². The lowest BCUT2D eigenvalue weighted by atomic mass is 10.1. The van der Waals surface area contributed by atoms with Crippen LogP contribution in [-0.4, -0.2) is 30.0 Å². The van der Waals surface area contributed by atoms with Gasteiger partial charge in [0.05, 0.1) is 25.2 Å². The van der Waals surface area contributed by atoms with Gasteiger partial charge in [-0.3, -0.25) is 14.9 Å². The largest absolute Gasteiger partial charge is 0.493 e. The fourth-order valence-corrected chi connectivity index (χ4v) is 2.71. The normalized spacial score (nSPS) is 10.3. The first-order valence-electron chi connectivity index (χ1n) is 8.98. The van der Waals surface area contributed by atoms with Gasteiger partial charge in [-0.1, -0.05) is 12.1 Å². The van der Waals surface area contributed by atoms with E-state index >= 15 is 0 Å². The first-order chi connectivity index (χ1) is 14.9. The van der Waals surface area contributed by atoms with E-state index in [-0.39, 0.29) is 29.5 Å². The quantitative estimate of drug-likeness (QED) is 0.429. The first-order valence-corrected chi connectivity index (χ1v) is 8.98. The van der Waals surface area contributed by atoms with Crippen LogP contribution in [0.5, 0.6) is 23.1 Å². The summed E-state index contributed by atoms with van der Waals surface area (Å²) in [5.41, 5.74) is 0.0526. The summed E-state index contributed by atoms with van der Waals surface area (Å²) in [5.74, 6) is -0.207. The maximum Gasteiger partial charge on any atom is 0.286 e. The number of nitro benzene ring substituents is 1. The summed E-state index contributed by atoms with van der Waals surface area (Å²) in [4.78, 5) is 27.4. The maximum atomic E-state index is 13.2. The monoisotopic (exact) mass is 427 g/mol. The molecule has 0 spiro atoms. The van der Waals surface area contributed by atoms with Crippen LogP contribution in [0.3, 0.4) is 0 Å². The number of nitrogens with one attached hydrogen (secondary N) is 1. The Kier molecular flexibility index (Phi) is 6.61. The number of hydrogen-bond acceptors (Lipinski definition) is 7. The van der Waals surface area contributed by atoms with Crippen LogP contribution in [0.25, 0.3) is 0 Å². The molecular weight excluding hydrogens is 409 g/mol. The number of methoxy groups -OCH3 is 2. The number of nitrogens with zero attached hydrogens (tertiary/aromatic N) is 2. The van der Waals surface area contributed by atoms with Crippen LogP contribution in [-0.2, 0) is 6.54 Å². The molecule has 0 saturated carbocycles. The minimum absolute atomic E-state index is 0.0670. The van der Waals surface area contributed by atoms with Crippen LogP contribution in [0.1, 0.15) is 15.9 Å². The number of nitro groups is 1. The molecule has 0 atom stereocenters. The molecule has 1 heterocycles. The second kappa shape index (κ2) is 9.53. The van der Waals surface area contributed by atoms with E-state index in [1.54, 1.807) is 18.2 Å². The zero-order chi connectivity index (χ0) is 22.4. The van der Waals surface area contributed by atoms with E-state index in [4.69, 9.17) is 14.2 Å². The highest BCUT2D eigenvalue weighted by Gasteiger charge is 2.24. The van der Waals surface area contributed by atoms with E-state index < -0.39 is 22.3 Å². The van der Waals surface area contributed by atoms with Crippen LogP contribution in [0.2, 0.25) is 0 Å². The van der Waals surface area contributed by atoms with Crippen molar-refractivity contribution < 1.29 is 28.3 Å². The van der Waals surface area contributed by atoms with Gasteiger partial charge in [0.15, 0.2) is 11.5 Å². The average molecular weight is 427 g/mol. The zero-order valence-corrected chi connectivity index (χ0v) is 16.6. The fourth-order valence-electron chi connectivity index (χ4n) is 2.71. The van der Waals surface area contributed by atoms with E-state index in [0.29, 0.717) is 11.3 Å². The van der Waals surface area contributed by atoms with E-state index in [2.05, 4.69) is 10.3 Å². The molecule has 1 N–H and O–H groups in total. The minimum Gasteiger partial charge on any atom is -0.493 e. The minimum atomic E-state index is -0.670. The Morgan fingerprint density at radius 3 is 2.48 bits per heavy atom. The SMILES string of the molecule is COc1cc(C(=O)NCc2ccc(Oc3cccc(F)c3)nc2)c([N+](=O)[O-])cc1OC. The smallest absolute Gasteiger partial charge is 0.286 e. The lowest BCUT2D eigenvalue weighted by Gasteiger charge is -2.11. The summed E-state index contributed by atoms with van der Waals surface area (Å²) < 4.78 is 28.8.